The number of hydrazine groups is 1. The van der Waals surface area contributed by atoms with Crippen molar-refractivity contribution in [2.45, 2.75) is 32.2 Å². The number of benzene rings is 1. The van der Waals surface area contributed by atoms with E-state index in [1.54, 1.807) is 0 Å². The van der Waals surface area contributed by atoms with Gasteiger partial charge in [0, 0.05) is 24.9 Å². The third-order valence-electron chi connectivity index (χ3n) is 5.01. The number of piperidine rings is 1. The van der Waals surface area contributed by atoms with Crippen LogP contribution in [0.15, 0.2) is 29.3 Å². The number of anilines is 1. The summed E-state index contributed by atoms with van der Waals surface area (Å²) in [6.45, 7) is 4.20. The van der Waals surface area contributed by atoms with Crippen molar-refractivity contribution in [1.29, 1.82) is 0 Å². The summed E-state index contributed by atoms with van der Waals surface area (Å²) in [5.74, 6) is 2.31. The van der Waals surface area contributed by atoms with E-state index in [0.29, 0.717) is 24.0 Å². The maximum absolute atomic E-state index is 11.3. The highest BCUT2D eigenvalue weighted by Gasteiger charge is 2.25. The molecule has 0 aliphatic carbocycles. The van der Waals surface area contributed by atoms with Gasteiger partial charge in [-0.3, -0.25) is 4.79 Å². The molecule has 2 fully saturated rings. The lowest BCUT2D eigenvalue weighted by molar-refractivity contribution is -0.119. The average molecular weight is 353 g/mol. The van der Waals surface area contributed by atoms with Gasteiger partial charge in [0.1, 0.15) is 11.9 Å². The van der Waals surface area contributed by atoms with Crippen molar-refractivity contribution >= 4 is 34.4 Å². The highest BCUT2D eigenvalue weighted by atomic mass is 16.1. The number of amides is 1. The number of hydrogen-bond acceptors (Lipinski definition) is 6. The molecule has 4 N–H and O–H groups in total. The van der Waals surface area contributed by atoms with Crippen LogP contribution in [0.3, 0.4) is 0 Å². The van der Waals surface area contributed by atoms with E-state index >= 15 is 0 Å². The van der Waals surface area contributed by atoms with Crippen LogP contribution in [0.5, 0.6) is 0 Å². The quantitative estimate of drug-likeness (QED) is 0.766. The van der Waals surface area contributed by atoms with Gasteiger partial charge in [-0.2, -0.15) is 4.98 Å². The fourth-order valence-corrected chi connectivity index (χ4v) is 3.32. The van der Waals surface area contributed by atoms with Crippen LogP contribution in [-0.4, -0.2) is 40.8 Å². The van der Waals surface area contributed by atoms with Crippen LogP contribution in [0.25, 0.3) is 10.9 Å². The zero-order valence-electron chi connectivity index (χ0n) is 14.8. The minimum Gasteiger partial charge on any atom is -0.368 e. The van der Waals surface area contributed by atoms with Crippen molar-refractivity contribution in [2.75, 3.05) is 18.0 Å². The Morgan fingerprint density at radius 3 is 2.77 bits per heavy atom. The van der Waals surface area contributed by atoms with Gasteiger partial charge in [-0.1, -0.05) is 19.1 Å². The van der Waals surface area contributed by atoms with Crippen LogP contribution in [0, 0.1) is 5.92 Å². The molecule has 3 heterocycles. The van der Waals surface area contributed by atoms with Crippen molar-refractivity contribution in [1.82, 2.24) is 20.8 Å². The molecule has 2 aliphatic heterocycles. The zero-order chi connectivity index (χ0) is 18.1. The fraction of sp³-hybridized carbons (Fsp3) is 0.444. The summed E-state index contributed by atoms with van der Waals surface area (Å²) in [6.07, 6.45) is 2.71. The number of nitrogens with zero attached hydrogens (tertiary/aromatic N) is 4. The Bertz CT molecular complexity index is 858. The molecule has 2 saturated heterocycles. The van der Waals surface area contributed by atoms with Crippen molar-refractivity contribution in [2.24, 2.45) is 16.6 Å². The van der Waals surface area contributed by atoms with Crippen molar-refractivity contribution in [3.63, 3.8) is 0 Å². The first-order chi connectivity index (χ1) is 12.6. The molecule has 1 amide bonds. The molecular formula is C18H23N7O. The van der Waals surface area contributed by atoms with Gasteiger partial charge in [0.15, 0.2) is 5.82 Å². The van der Waals surface area contributed by atoms with Gasteiger partial charge in [-0.05, 0) is 30.9 Å². The van der Waals surface area contributed by atoms with Gasteiger partial charge < -0.3 is 16.1 Å². The Kier molecular flexibility index (Phi) is 4.42. The van der Waals surface area contributed by atoms with E-state index < -0.39 is 11.9 Å². The SMILES string of the molecule is CC1CCN(c2nc(N=C3CC(C(N)=O)NN3)c3ccccc3n2)CC1. The second-order valence-electron chi connectivity index (χ2n) is 7.02. The number of carbonyl (C=O) groups is 1. The fourth-order valence-electron chi connectivity index (χ4n) is 3.32. The number of hydrogen-bond donors (Lipinski definition) is 3. The van der Waals surface area contributed by atoms with Gasteiger partial charge in [0.25, 0.3) is 0 Å². The number of aromatic nitrogens is 2. The molecule has 26 heavy (non-hydrogen) atoms. The molecule has 8 nitrogen and oxygen atoms in total. The standard InChI is InChI=1S/C18H23N7O/c1-11-6-8-25(9-7-11)18-20-13-5-3-2-4-12(13)17(22-18)21-15-10-14(16(19)26)23-24-15/h2-5,11,14,23H,6-10H2,1H3,(H2,19,26)(H,20,21,22,24). The summed E-state index contributed by atoms with van der Waals surface area (Å²) in [6, 6.07) is 7.40. The highest BCUT2D eigenvalue weighted by Crippen LogP contribution is 2.28. The third-order valence-corrected chi connectivity index (χ3v) is 5.01. The zero-order valence-corrected chi connectivity index (χ0v) is 14.8. The summed E-state index contributed by atoms with van der Waals surface area (Å²) in [7, 11) is 0. The molecular weight excluding hydrogens is 330 g/mol. The first kappa shape index (κ1) is 16.7. The molecule has 1 atom stereocenters. The van der Waals surface area contributed by atoms with Gasteiger partial charge >= 0.3 is 0 Å². The summed E-state index contributed by atoms with van der Waals surface area (Å²) in [5.41, 5.74) is 12.0. The minimum absolute atomic E-state index is 0.404. The second kappa shape index (κ2) is 6.87. The van der Waals surface area contributed by atoms with Crippen molar-refractivity contribution in [3.05, 3.63) is 24.3 Å². The number of amidine groups is 1. The number of primary amides is 1. The Labute approximate surface area is 151 Å². The summed E-state index contributed by atoms with van der Waals surface area (Å²) < 4.78 is 0. The van der Waals surface area contributed by atoms with E-state index in [4.69, 9.17) is 15.7 Å². The summed E-state index contributed by atoms with van der Waals surface area (Å²) >= 11 is 0. The maximum atomic E-state index is 11.3. The molecule has 136 valence electrons. The lowest BCUT2D eigenvalue weighted by atomic mass is 10.00. The lowest BCUT2D eigenvalue weighted by Crippen LogP contribution is -2.40. The number of aliphatic imine (C=N–C) groups is 1. The number of rotatable bonds is 3. The first-order valence-corrected chi connectivity index (χ1v) is 9.00. The summed E-state index contributed by atoms with van der Waals surface area (Å²) in [4.78, 5) is 27.7. The van der Waals surface area contributed by atoms with Crippen LogP contribution >= 0.6 is 0 Å². The number of para-hydroxylation sites is 1. The van der Waals surface area contributed by atoms with Crippen LogP contribution in [0.4, 0.5) is 11.8 Å². The number of fused-ring (bicyclic) bond motifs is 1. The molecule has 1 aromatic carbocycles. The molecule has 0 bridgehead atoms. The van der Waals surface area contributed by atoms with Crippen molar-refractivity contribution in [3.8, 4) is 0 Å². The van der Waals surface area contributed by atoms with Gasteiger partial charge in [-0.25, -0.2) is 15.4 Å². The van der Waals surface area contributed by atoms with Gasteiger partial charge in [0.05, 0.1) is 5.52 Å². The van der Waals surface area contributed by atoms with Crippen molar-refractivity contribution < 1.29 is 4.79 Å². The molecule has 1 unspecified atom stereocenters. The topological polar surface area (TPSA) is 109 Å². The predicted molar refractivity (Wildman–Crippen MR) is 101 cm³/mol. The van der Waals surface area contributed by atoms with Gasteiger partial charge in [0.2, 0.25) is 11.9 Å². The Balaban J connectivity index is 1.70. The number of nitrogens with two attached hydrogens (primary N) is 1. The van der Waals surface area contributed by atoms with E-state index in [0.717, 1.165) is 42.8 Å². The third kappa shape index (κ3) is 3.32. The van der Waals surface area contributed by atoms with E-state index in [9.17, 15) is 4.79 Å². The molecule has 1 aromatic heterocycles. The Hall–Kier alpha value is -2.74. The van der Waals surface area contributed by atoms with Crippen LogP contribution < -0.4 is 21.5 Å². The largest absolute Gasteiger partial charge is 0.368 e. The van der Waals surface area contributed by atoms with E-state index in [-0.39, 0.29) is 0 Å². The van der Waals surface area contributed by atoms with Gasteiger partial charge in [-0.15, -0.1) is 0 Å². The second-order valence-corrected chi connectivity index (χ2v) is 7.02. The Morgan fingerprint density at radius 2 is 2.04 bits per heavy atom. The summed E-state index contributed by atoms with van der Waals surface area (Å²) in [5, 5.41) is 0.887. The average Bonchev–Trinajstić information content (AvgIpc) is 3.11. The maximum Gasteiger partial charge on any atom is 0.236 e. The van der Waals surface area contributed by atoms with Crippen LogP contribution in [0.2, 0.25) is 0 Å². The first-order valence-electron chi connectivity index (χ1n) is 9.00. The molecule has 0 spiro atoms. The molecule has 0 radical (unpaired) electrons. The monoisotopic (exact) mass is 353 g/mol. The van der Waals surface area contributed by atoms with E-state index in [1.807, 2.05) is 24.3 Å². The van der Waals surface area contributed by atoms with Crippen LogP contribution in [-0.2, 0) is 4.79 Å². The predicted octanol–water partition coefficient (Wildman–Crippen LogP) is 1.25. The number of carbonyl (C=O) groups excluding carboxylic acids is 1. The smallest absolute Gasteiger partial charge is 0.236 e. The molecule has 2 aromatic rings. The highest BCUT2D eigenvalue weighted by molar-refractivity contribution is 5.97. The Morgan fingerprint density at radius 1 is 1.27 bits per heavy atom. The van der Waals surface area contributed by atoms with Crippen LogP contribution in [0.1, 0.15) is 26.2 Å². The minimum atomic E-state index is -0.454. The molecule has 2 aliphatic rings. The molecule has 8 heteroatoms. The van der Waals surface area contributed by atoms with E-state index in [1.165, 1.54) is 0 Å². The van der Waals surface area contributed by atoms with E-state index in [2.05, 4.69) is 27.7 Å². The lowest BCUT2D eigenvalue weighted by Gasteiger charge is -2.30. The molecule has 4 rings (SSSR count). The number of nitrogens with one attached hydrogen (secondary N) is 2. The normalized spacial score (nSPS) is 22.7. The molecule has 0 saturated carbocycles.